The van der Waals surface area contributed by atoms with Gasteiger partial charge >= 0.3 is 41.4 Å². The summed E-state index contributed by atoms with van der Waals surface area (Å²) in [6.45, 7) is 1.56. The number of carboxylic acids is 4. The van der Waals surface area contributed by atoms with Crippen LogP contribution in [0.2, 0.25) is 0 Å². The maximum absolute atomic E-state index is 13.9. The molecule has 2 fully saturated rings. The quantitative estimate of drug-likeness (QED) is 0.0364. The van der Waals surface area contributed by atoms with E-state index < -0.39 is 83.8 Å². The molecule has 1 unspecified atom stereocenters. The number of aliphatic carboxylic acids is 4. The number of unbranched alkanes of at least 4 members (excludes halogenated alkanes) is 1. The van der Waals surface area contributed by atoms with E-state index in [2.05, 4.69) is 25.8 Å². The summed E-state index contributed by atoms with van der Waals surface area (Å²) in [5.41, 5.74) is 5.18. The third kappa shape index (κ3) is 21.1. The molecule has 0 radical (unpaired) electrons. The number of urea groups is 1. The molecular weight excluding hydrogens is 1010 g/mol. The maximum atomic E-state index is 13.9. The zero-order valence-electron chi connectivity index (χ0n) is 42.7. The maximum Gasteiger partial charge on any atom is 0.440 e. The molecule has 1 saturated carbocycles. The number of aromatic amines is 1. The van der Waals surface area contributed by atoms with E-state index in [-0.39, 0.29) is 76.1 Å². The Morgan fingerprint density at radius 2 is 1.21 bits per heavy atom. The molecule has 28 heteroatoms. The lowest BCUT2D eigenvalue weighted by atomic mass is 9.81. The van der Waals surface area contributed by atoms with E-state index in [1.807, 2.05) is 52.7 Å². The smallest absolute Gasteiger partial charge is 0.440 e. The third-order valence-electron chi connectivity index (χ3n) is 13.5. The van der Waals surface area contributed by atoms with Gasteiger partial charge in [-0.2, -0.15) is 0 Å². The Labute approximate surface area is 441 Å². The molecule has 1 saturated heterocycles. The number of aromatic nitrogens is 2. The van der Waals surface area contributed by atoms with Crippen LogP contribution in [0.4, 0.5) is 4.79 Å². The van der Waals surface area contributed by atoms with Crippen LogP contribution in [0.5, 0.6) is 0 Å². The number of nitrogens with zero attached hydrogens (tertiary/aromatic N) is 5. The van der Waals surface area contributed by atoms with Crippen molar-refractivity contribution in [3.63, 3.8) is 0 Å². The van der Waals surface area contributed by atoms with Crippen molar-refractivity contribution in [1.29, 1.82) is 0 Å². The van der Waals surface area contributed by atoms with Gasteiger partial charge in [-0.15, -0.1) is 4.74 Å². The van der Waals surface area contributed by atoms with Crippen LogP contribution < -0.4 is 43.8 Å². The molecule has 2 heterocycles. The minimum Gasteiger partial charge on any atom is -0.480 e. The van der Waals surface area contributed by atoms with Crippen molar-refractivity contribution in [2.45, 2.75) is 76.0 Å². The Kier molecular flexibility index (Phi) is 23.6. The summed E-state index contributed by atoms with van der Waals surface area (Å²) in [5.74, 6) is -8.17. The van der Waals surface area contributed by atoms with Gasteiger partial charge in [0.2, 0.25) is 23.6 Å². The van der Waals surface area contributed by atoms with E-state index in [1.54, 1.807) is 19.7 Å². The average molecular weight is 1080 g/mol. The number of amides is 6. The number of carbonyl (C=O) groups is 9. The number of H-pyrrole nitrogens is 1. The highest BCUT2D eigenvalue weighted by atomic mass is 16.5. The van der Waals surface area contributed by atoms with Crippen LogP contribution in [0.15, 0.2) is 56.6 Å². The Bertz CT molecular complexity index is 2620. The number of carbonyl (C=O) groups excluding carboxylic acids is 5. The first kappa shape index (κ1) is 60.2. The van der Waals surface area contributed by atoms with Crippen molar-refractivity contribution in [1.82, 2.24) is 55.9 Å². The number of nitrogens with two attached hydrogens (primary N) is 1. The first-order valence-corrected chi connectivity index (χ1v) is 25.5. The summed E-state index contributed by atoms with van der Waals surface area (Å²) in [6, 6.07) is 8.04. The van der Waals surface area contributed by atoms with Gasteiger partial charge in [-0.25, -0.2) is 29.0 Å². The highest BCUT2D eigenvalue weighted by molar-refractivity contribution is 5.89. The molecule has 422 valence electrons. The second-order valence-electron chi connectivity index (χ2n) is 19.4. The summed E-state index contributed by atoms with van der Waals surface area (Å²) in [6.07, 6.45) is 2.73. The van der Waals surface area contributed by atoms with Gasteiger partial charge in [0.05, 0.1) is 32.7 Å². The first-order valence-electron chi connectivity index (χ1n) is 25.5. The zero-order chi connectivity index (χ0) is 56.0. The van der Waals surface area contributed by atoms with Gasteiger partial charge in [-0.05, 0) is 67.2 Å². The standard InChI is InChI=1S/C49H70N12O16/c50-39(62)27-57-15-19-59(29-41(64)65)21-17-58(18-22-60(20-16-57)30-42(66)67)28-40(63)52-25-31-8-12-34(13-9-31)43(68)53-37(24-32-10-11-33-5-1-2-6-35(33)23-32)44(69)51-14-4-3-7-36(45(70)71)54-47(74)55-38(46(72)73)26-61-48(75)56-49(76)77-61/h1-2,5-6,10-11,23,31,34,36-38H,3-4,7-9,12-22,24-30H2,(H2,50,62)(H,51,69)(H,52,63)(H,53,68)(H,64,65)(H,66,67)(H,70,71)(H,72,73)(H2,54,55,74)(H,56,75,76)/t31?,34?,36-,37?,38-/m0/s1. The van der Waals surface area contributed by atoms with Gasteiger partial charge in [0.15, 0.2) is 0 Å². The zero-order valence-corrected chi connectivity index (χ0v) is 42.7. The summed E-state index contributed by atoms with van der Waals surface area (Å²) in [7, 11) is 0. The van der Waals surface area contributed by atoms with E-state index in [4.69, 9.17) is 5.73 Å². The Morgan fingerprint density at radius 1 is 0.649 bits per heavy atom. The molecule has 0 spiro atoms. The summed E-state index contributed by atoms with van der Waals surface area (Å²) in [5, 5.41) is 53.4. The van der Waals surface area contributed by atoms with Crippen molar-refractivity contribution in [3.05, 3.63) is 69.1 Å². The van der Waals surface area contributed by atoms with Crippen LogP contribution in [0, 0.1) is 11.8 Å². The van der Waals surface area contributed by atoms with Gasteiger partial charge in [0.1, 0.15) is 18.1 Å². The molecule has 1 aromatic heterocycles. The molecule has 3 atom stereocenters. The number of benzene rings is 2. The molecule has 12 N–H and O–H groups in total. The van der Waals surface area contributed by atoms with Crippen molar-refractivity contribution in [2.24, 2.45) is 17.6 Å². The molecule has 2 aromatic carbocycles. The lowest BCUT2D eigenvalue weighted by Crippen LogP contribution is -2.52. The van der Waals surface area contributed by atoms with Gasteiger partial charge in [-0.1, -0.05) is 42.5 Å². The minimum absolute atomic E-state index is 0.0184. The monoisotopic (exact) mass is 1080 g/mol. The number of hydrogen-bond acceptors (Lipinski definition) is 16. The number of hydrogen-bond donors (Lipinski definition) is 11. The lowest BCUT2D eigenvalue weighted by molar-refractivity contribution is -0.140. The third-order valence-corrected chi connectivity index (χ3v) is 13.5. The molecular formula is C49H70N12O16. The molecule has 3 aromatic rings. The van der Waals surface area contributed by atoms with E-state index in [0.29, 0.717) is 89.3 Å². The number of fused-ring (bicyclic) bond motifs is 1. The van der Waals surface area contributed by atoms with Crippen molar-refractivity contribution >= 4 is 64.3 Å². The van der Waals surface area contributed by atoms with Gasteiger partial charge in [0.25, 0.3) is 0 Å². The van der Waals surface area contributed by atoms with Crippen LogP contribution >= 0.6 is 0 Å². The average Bonchev–Trinajstić information content (AvgIpc) is 3.70. The van der Waals surface area contributed by atoms with Crippen molar-refractivity contribution in [3.8, 4) is 0 Å². The van der Waals surface area contributed by atoms with Gasteiger partial charge < -0.3 is 57.3 Å². The second kappa shape index (κ2) is 30.2. The van der Waals surface area contributed by atoms with Crippen LogP contribution in [0.1, 0.15) is 50.5 Å². The first-order chi connectivity index (χ1) is 36.7. The van der Waals surface area contributed by atoms with Crippen LogP contribution in [0.25, 0.3) is 10.8 Å². The summed E-state index contributed by atoms with van der Waals surface area (Å²) >= 11 is 0. The fourth-order valence-corrected chi connectivity index (χ4v) is 9.27. The predicted octanol–water partition coefficient (Wildman–Crippen LogP) is -2.70. The largest absolute Gasteiger partial charge is 0.480 e. The molecule has 1 aliphatic carbocycles. The highest BCUT2D eigenvalue weighted by Gasteiger charge is 2.31. The second-order valence-corrected chi connectivity index (χ2v) is 19.4. The molecule has 28 nitrogen and oxygen atoms in total. The van der Waals surface area contributed by atoms with Crippen LogP contribution in [-0.4, -0.2) is 213 Å². The highest BCUT2D eigenvalue weighted by Crippen LogP contribution is 2.29. The number of nitrogens with one attached hydrogen (secondary N) is 6. The van der Waals surface area contributed by atoms with E-state index in [0.717, 1.165) is 16.3 Å². The Hall–Kier alpha value is -7.69. The molecule has 77 heavy (non-hydrogen) atoms. The number of carboxylic acid groups (broad SMARTS) is 4. The van der Waals surface area contributed by atoms with Gasteiger partial charge in [-0.3, -0.25) is 48.4 Å². The fourth-order valence-electron chi connectivity index (χ4n) is 9.27. The SMILES string of the molecule is NC(=O)CN1CCN(CC(=O)O)CCN(CC(=O)NCC2CCC(C(=O)NC(Cc3ccc4ccccc4c3)C(=O)NCCCC[C@H](NC(=O)N[C@@H](Cn3oc(=O)[nH]c3=O)C(=O)O)C(=O)O)CC2)CCN(CC(=O)O)CC1. The Morgan fingerprint density at radius 3 is 1.75 bits per heavy atom. The molecule has 0 bridgehead atoms. The summed E-state index contributed by atoms with van der Waals surface area (Å²) < 4.78 is 4.93. The molecule has 5 rings (SSSR count). The molecule has 2 aliphatic rings. The predicted molar refractivity (Wildman–Crippen MR) is 273 cm³/mol. The van der Waals surface area contributed by atoms with Crippen molar-refractivity contribution in [2.75, 3.05) is 91.6 Å². The topological polar surface area (TPSA) is 402 Å². The number of rotatable bonds is 26. The molecule has 6 amide bonds. The summed E-state index contributed by atoms with van der Waals surface area (Å²) in [4.78, 5) is 144. The molecule has 1 aliphatic heterocycles. The van der Waals surface area contributed by atoms with Crippen molar-refractivity contribution < 1.29 is 68.1 Å². The lowest BCUT2D eigenvalue weighted by Gasteiger charge is -2.33. The minimum atomic E-state index is -1.77. The van der Waals surface area contributed by atoms with Crippen LogP contribution in [-0.2, 0) is 51.3 Å². The van der Waals surface area contributed by atoms with E-state index >= 15 is 0 Å². The van der Waals surface area contributed by atoms with E-state index in [9.17, 15) is 73.2 Å². The Balaban J connectivity index is 1.11. The number of primary amides is 1. The van der Waals surface area contributed by atoms with Crippen LogP contribution in [0.3, 0.4) is 0 Å². The van der Waals surface area contributed by atoms with Gasteiger partial charge in [0, 0.05) is 77.8 Å². The normalized spacial score (nSPS) is 18.5. The van der Waals surface area contributed by atoms with E-state index in [1.165, 1.54) is 0 Å². The fraction of sp³-hybridized carbons (Fsp3) is 0.571.